The van der Waals surface area contributed by atoms with Crippen LogP contribution in [-0.2, 0) is 7.05 Å². The highest BCUT2D eigenvalue weighted by Gasteiger charge is 2.23. The van der Waals surface area contributed by atoms with Crippen LogP contribution >= 0.6 is 35.6 Å². The molecule has 2 N–H and O–H groups in total. The highest BCUT2D eigenvalue weighted by molar-refractivity contribution is 14.0. The molecule has 0 amide bonds. The van der Waals surface area contributed by atoms with Gasteiger partial charge in [-0.1, -0.05) is 23.7 Å². The molecule has 1 aliphatic heterocycles. The van der Waals surface area contributed by atoms with Crippen molar-refractivity contribution in [2.24, 2.45) is 12.0 Å². The predicted octanol–water partition coefficient (Wildman–Crippen LogP) is 3.13. The Hall–Kier alpha value is -1.52. The summed E-state index contributed by atoms with van der Waals surface area (Å²) in [5.74, 6) is 0.826. The van der Waals surface area contributed by atoms with Crippen molar-refractivity contribution in [2.45, 2.75) is 24.9 Å². The monoisotopic (exact) mass is 545 g/mol. The number of anilines is 1. The predicted molar refractivity (Wildman–Crippen MR) is 136 cm³/mol. The number of likely N-dealkylation sites (N-methyl/N-ethyl adjacent to an activating group) is 1. The first-order chi connectivity index (χ1) is 14.0. The van der Waals surface area contributed by atoms with Gasteiger partial charge in [-0.3, -0.25) is 9.67 Å². The van der Waals surface area contributed by atoms with E-state index in [9.17, 15) is 0 Å². The summed E-state index contributed by atoms with van der Waals surface area (Å²) >= 11 is 6.40. The number of hydrogen-bond acceptors (Lipinski definition) is 4. The molecular weight excluding hydrogens is 513 g/mol. The minimum atomic E-state index is 0. The Morgan fingerprint density at radius 3 is 2.77 bits per heavy atom. The zero-order valence-electron chi connectivity index (χ0n) is 18.2. The summed E-state index contributed by atoms with van der Waals surface area (Å²) in [4.78, 5) is 8.99. The molecule has 0 spiro atoms. The molecule has 2 heterocycles. The van der Waals surface area contributed by atoms with Gasteiger partial charge in [0.15, 0.2) is 5.96 Å². The van der Waals surface area contributed by atoms with Crippen LogP contribution in [0.2, 0.25) is 5.02 Å². The number of halogens is 2. The van der Waals surface area contributed by atoms with Crippen LogP contribution in [0.15, 0.2) is 41.7 Å². The van der Waals surface area contributed by atoms with Crippen molar-refractivity contribution in [3.05, 3.63) is 47.2 Å². The molecule has 0 radical (unpaired) electrons. The Morgan fingerprint density at radius 2 is 2.13 bits per heavy atom. The lowest BCUT2D eigenvalue weighted by Crippen LogP contribution is -2.52. The third-order valence-corrected chi connectivity index (χ3v) is 5.69. The van der Waals surface area contributed by atoms with Crippen LogP contribution in [0.5, 0.6) is 0 Å². The average molecular weight is 546 g/mol. The summed E-state index contributed by atoms with van der Waals surface area (Å²) in [5, 5.41) is 12.2. The maximum atomic E-state index is 6.40. The molecule has 30 heavy (non-hydrogen) atoms. The molecule has 2 atom stereocenters. The van der Waals surface area contributed by atoms with E-state index in [2.05, 4.69) is 56.9 Å². The lowest BCUT2D eigenvalue weighted by Gasteiger charge is -2.36. The number of aliphatic imine (C=N–C) groups is 1. The van der Waals surface area contributed by atoms with Crippen molar-refractivity contribution in [3.8, 4) is 0 Å². The van der Waals surface area contributed by atoms with Gasteiger partial charge in [0, 0.05) is 51.5 Å². The molecule has 2 unspecified atom stereocenters. The topological polar surface area (TPSA) is 60.7 Å². The Kier molecular flexibility index (Phi) is 9.70. The summed E-state index contributed by atoms with van der Waals surface area (Å²) in [7, 11) is 7.92. The van der Waals surface area contributed by atoms with Crippen LogP contribution in [0, 0.1) is 0 Å². The molecule has 166 valence electrons. The number of piperidine rings is 1. The van der Waals surface area contributed by atoms with E-state index in [4.69, 9.17) is 11.6 Å². The first-order valence-electron chi connectivity index (χ1n) is 10.1. The van der Waals surface area contributed by atoms with Gasteiger partial charge in [0.1, 0.15) is 0 Å². The number of benzene rings is 1. The quantitative estimate of drug-likeness (QED) is 0.332. The summed E-state index contributed by atoms with van der Waals surface area (Å²) in [5.41, 5.74) is 2.29. The third-order valence-electron chi connectivity index (χ3n) is 5.37. The standard InChI is InChI=1S/C21H32ClN7.HI/c1-23-21(24-13-20(27(2)3)16-12-25-28(4)14-16)26-17-8-7-11-29(15-17)19-10-6-5-9-18(19)22;/h5-6,9-10,12,14,17,20H,7-8,11,13,15H2,1-4H3,(H2,23,24,26);1H. The highest BCUT2D eigenvalue weighted by Crippen LogP contribution is 2.27. The van der Waals surface area contributed by atoms with Crippen LogP contribution in [0.4, 0.5) is 5.69 Å². The largest absolute Gasteiger partial charge is 0.368 e. The summed E-state index contributed by atoms with van der Waals surface area (Å²) < 4.78 is 1.84. The molecule has 1 saturated heterocycles. The van der Waals surface area contributed by atoms with E-state index < -0.39 is 0 Å². The fraction of sp³-hybridized carbons (Fsp3) is 0.524. The molecule has 1 aliphatic rings. The van der Waals surface area contributed by atoms with Gasteiger partial charge in [0.05, 0.1) is 22.9 Å². The van der Waals surface area contributed by atoms with Crippen LogP contribution in [0.25, 0.3) is 0 Å². The smallest absolute Gasteiger partial charge is 0.191 e. The van der Waals surface area contributed by atoms with Gasteiger partial charge in [-0.25, -0.2) is 0 Å². The molecule has 7 nitrogen and oxygen atoms in total. The number of rotatable bonds is 6. The number of hydrogen-bond donors (Lipinski definition) is 2. The number of guanidine groups is 1. The number of nitrogens with one attached hydrogen (secondary N) is 2. The van der Waals surface area contributed by atoms with Crippen molar-refractivity contribution in [1.29, 1.82) is 0 Å². The second-order valence-corrected chi connectivity index (χ2v) is 8.17. The lowest BCUT2D eigenvalue weighted by molar-refractivity contribution is 0.297. The summed E-state index contributed by atoms with van der Waals surface area (Å²) in [6.45, 7) is 2.68. The lowest BCUT2D eigenvalue weighted by atomic mass is 10.0. The molecule has 1 aromatic carbocycles. The molecule has 0 aliphatic carbocycles. The van der Waals surface area contributed by atoms with Crippen LogP contribution in [-0.4, -0.2) is 67.5 Å². The fourth-order valence-corrected chi connectivity index (χ4v) is 4.07. The third kappa shape index (κ3) is 6.49. The molecular formula is C21H33ClIN7. The second-order valence-electron chi connectivity index (χ2n) is 7.76. The SMILES string of the molecule is CN=C(NCC(c1cnn(C)c1)N(C)C)NC1CCCN(c2ccccc2Cl)C1.I. The normalized spacial score (nSPS) is 18.1. The van der Waals surface area contributed by atoms with Crippen molar-refractivity contribution in [3.63, 3.8) is 0 Å². The zero-order chi connectivity index (χ0) is 20.8. The molecule has 1 fully saturated rings. The van der Waals surface area contributed by atoms with Crippen molar-refractivity contribution >= 4 is 47.2 Å². The minimum absolute atomic E-state index is 0. The van der Waals surface area contributed by atoms with E-state index in [-0.39, 0.29) is 30.0 Å². The van der Waals surface area contributed by atoms with Crippen LogP contribution in [0.3, 0.4) is 0 Å². The van der Waals surface area contributed by atoms with Gasteiger partial charge >= 0.3 is 0 Å². The van der Waals surface area contributed by atoms with E-state index in [1.54, 1.807) is 0 Å². The van der Waals surface area contributed by atoms with Gasteiger partial charge in [0.25, 0.3) is 0 Å². The van der Waals surface area contributed by atoms with Crippen molar-refractivity contribution in [1.82, 2.24) is 25.3 Å². The van der Waals surface area contributed by atoms with Gasteiger partial charge < -0.3 is 20.4 Å². The number of nitrogens with zero attached hydrogens (tertiary/aromatic N) is 5. The fourth-order valence-electron chi connectivity index (χ4n) is 3.81. The van der Waals surface area contributed by atoms with Crippen LogP contribution < -0.4 is 15.5 Å². The van der Waals surface area contributed by atoms with E-state index >= 15 is 0 Å². The van der Waals surface area contributed by atoms with Gasteiger partial charge in [0.2, 0.25) is 0 Å². The number of aryl methyl sites for hydroxylation is 1. The maximum Gasteiger partial charge on any atom is 0.191 e. The Bertz CT molecular complexity index is 823. The van der Waals surface area contributed by atoms with E-state index in [1.165, 1.54) is 5.56 Å². The highest BCUT2D eigenvalue weighted by atomic mass is 127. The molecule has 0 bridgehead atoms. The molecule has 3 rings (SSSR count). The van der Waals surface area contributed by atoms with Crippen molar-refractivity contribution < 1.29 is 0 Å². The molecule has 0 saturated carbocycles. The van der Waals surface area contributed by atoms with Gasteiger partial charge in [-0.15, -0.1) is 24.0 Å². The first kappa shape index (κ1) is 24.7. The average Bonchev–Trinajstić information content (AvgIpc) is 3.13. The maximum absolute atomic E-state index is 6.40. The van der Waals surface area contributed by atoms with E-state index in [1.807, 2.05) is 43.2 Å². The van der Waals surface area contributed by atoms with Crippen LogP contribution in [0.1, 0.15) is 24.4 Å². The number of aromatic nitrogens is 2. The van der Waals surface area contributed by atoms with E-state index in [0.717, 1.165) is 49.1 Å². The van der Waals surface area contributed by atoms with Gasteiger partial charge in [-0.2, -0.15) is 5.10 Å². The van der Waals surface area contributed by atoms with Gasteiger partial charge in [-0.05, 0) is 39.1 Å². The minimum Gasteiger partial charge on any atom is -0.368 e. The molecule has 1 aromatic heterocycles. The Labute approximate surface area is 201 Å². The van der Waals surface area contributed by atoms with Crippen molar-refractivity contribution in [2.75, 3.05) is 45.7 Å². The number of para-hydroxylation sites is 1. The molecule has 9 heteroatoms. The summed E-state index contributed by atoms with van der Waals surface area (Å²) in [6.07, 6.45) is 6.22. The summed E-state index contributed by atoms with van der Waals surface area (Å²) in [6, 6.07) is 8.59. The first-order valence-corrected chi connectivity index (χ1v) is 10.5. The molecule has 2 aromatic rings. The van der Waals surface area contributed by atoms with E-state index in [0.29, 0.717) is 6.04 Å². The zero-order valence-corrected chi connectivity index (χ0v) is 21.3. The second kappa shape index (κ2) is 11.8. The Balaban J connectivity index is 0.00000320. The Morgan fingerprint density at radius 1 is 1.37 bits per heavy atom.